The lowest BCUT2D eigenvalue weighted by Crippen LogP contribution is -2.38. The molecule has 0 amide bonds. The molecule has 110 valence electrons. The molecule has 6 nitrogen and oxygen atoms in total. The van der Waals surface area contributed by atoms with Gasteiger partial charge in [0.15, 0.2) is 9.84 Å². The zero-order valence-electron chi connectivity index (χ0n) is 10.9. The third kappa shape index (κ3) is 2.77. The summed E-state index contributed by atoms with van der Waals surface area (Å²) in [4.78, 5) is 8.13. The van der Waals surface area contributed by atoms with Gasteiger partial charge in [-0.15, -0.1) is 0 Å². The summed E-state index contributed by atoms with van der Waals surface area (Å²) >= 11 is 5.81. The Hall–Kier alpha value is -1.54. The zero-order valence-corrected chi connectivity index (χ0v) is 12.5. The van der Waals surface area contributed by atoms with E-state index in [1.54, 1.807) is 24.5 Å². The number of hydrazine groups is 1. The first-order valence-electron chi connectivity index (χ1n) is 6.32. The van der Waals surface area contributed by atoms with E-state index in [1.807, 2.05) is 0 Å². The number of benzene rings is 1. The highest BCUT2D eigenvalue weighted by atomic mass is 35.5. The molecular weight excluding hydrogens is 312 g/mol. The van der Waals surface area contributed by atoms with Crippen molar-refractivity contribution < 1.29 is 8.42 Å². The van der Waals surface area contributed by atoms with Crippen molar-refractivity contribution >= 4 is 21.4 Å². The monoisotopic (exact) mass is 324 g/mol. The molecule has 2 unspecified atom stereocenters. The van der Waals surface area contributed by atoms with Gasteiger partial charge in [0.2, 0.25) is 0 Å². The van der Waals surface area contributed by atoms with Crippen LogP contribution in [-0.4, -0.2) is 30.3 Å². The maximum Gasteiger partial charge on any atom is 0.196 e. The fourth-order valence-corrected chi connectivity index (χ4v) is 4.20. The second-order valence-corrected chi connectivity index (χ2v) is 7.23. The molecule has 1 aliphatic rings. The zero-order chi connectivity index (χ0) is 14.9. The quantitative estimate of drug-likeness (QED) is 0.880. The fraction of sp³-hybridized carbons (Fsp3) is 0.231. The summed E-state index contributed by atoms with van der Waals surface area (Å²) < 4.78 is 25.5. The second kappa shape index (κ2) is 5.69. The SMILES string of the molecule is O=S(=O)(c1ccc(Cl)cc1)C1NNCC1c1cncnc1. The van der Waals surface area contributed by atoms with Crippen LogP contribution in [0.5, 0.6) is 0 Å². The molecule has 0 spiro atoms. The van der Waals surface area contributed by atoms with Crippen molar-refractivity contribution in [3.05, 3.63) is 53.6 Å². The number of nitrogens with one attached hydrogen (secondary N) is 2. The highest BCUT2D eigenvalue weighted by Crippen LogP contribution is 2.29. The summed E-state index contributed by atoms with van der Waals surface area (Å²) in [7, 11) is -3.54. The second-order valence-electron chi connectivity index (χ2n) is 4.72. The van der Waals surface area contributed by atoms with E-state index in [9.17, 15) is 8.42 Å². The molecule has 2 N–H and O–H groups in total. The van der Waals surface area contributed by atoms with Crippen LogP contribution in [0.15, 0.2) is 47.9 Å². The Morgan fingerprint density at radius 2 is 1.81 bits per heavy atom. The molecule has 1 aliphatic heterocycles. The lowest BCUT2D eigenvalue weighted by molar-refractivity contribution is 0.552. The lowest BCUT2D eigenvalue weighted by Gasteiger charge is -2.18. The molecule has 0 saturated carbocycles. The summed E-state index contributed by atoms with van der Waals surface area (Å²) in [5.74, 6) is -0.258. The molecule has 1 saturated heterocycles. The summed E-state index contributed by atoms with van der Waals surface area (Å²) in [5.41, 5.74) is 6.50. The Morgan fingerprint density at radius 1 is 1.14 bits per heavy atom. The summed E-state index contributed by atoms with van der Waals surface area (Å²) in [5, 5.41) is -0.274. The Morgan fingerprint density at radius 3 is 2.48 bits per heavy atom. The molecule has 2 aromatic rings. The number of aromatic nitrogens is 2. The third-order valence-electron chi connectivity index (χ3n) is 3.42. The summed E-state index contributed by atoms with van der Waals surface area (Å²) in [6.45, 7) is 0.491. The Labute approximate surface area is 127 Å². The van der Waals surface area contributed by atoms with Gasteiger partial charge in [-0.2, -0.15) is 0 Å². The molecule has 21 heavy (non-hydrogen) atoms. The number of rotatable bonds is 3. The lowest BCUT2D eigenvalue weighted by atomic mass is 10.0. The van der Waals surface area contributed by atoms with Crippen LogP contribution in [0.1, 0.15) is 11.5 Å². The normalized spacial score (nSPS) is 22.3. The summed E-state index contributed by atoms with van der Waals surface area (Å²) in [6.07, 6.45) is 4.69. The highest BCUT2D eigenvalue weighted by molar-refractivity contribution is 7.92. The van der Waals surface area contributed by atoms with Crippen LogP contribution >= 0.6 is 11.6 Å². The maximum atomic E-state index is 12.7. The van der Waals surface area contributed by atoms with E-state index >= 15 is 0 Å². The molecule has 3 rings (SSSR count). The van der Waals surface area contributed by atoms with Crippen LogP contribution in [0.3, 0.4) is 0 Å². The molecule has 0 aliphatic carbocycles. The molecule has 1 aromatic carbocycles. The summed E-state index contributed by atoms with van der Waals surface area (Å²) in [6, 6.07) is 6.15. The van der Waals surface area contributed by atoms with E-state index < -0.39 is 15.2 Å². The van der Waals surface area contributed by atoms with Gasteiger partial charge in [-0.1, -0.05) is 11.6 Å². The van der Waals surface area contributed by atoms with Crippen LogP contribution in [0.4, 0.5) is 0 Å². The Bertz CT molecular complexity index is 722. The Kier molecular flexibility index (Phi) is 3.90. The number of hydrogen-bond acceptors (Lipinski definition) is 6. The van der Waals surface area contributed by atoms with Crippen molar-refractivity contribution in [1.82, 2.24) is 20.8 Å². The van der Waals surface area contributed by atoms with E-state index in [0.717, 1.165) is 5.56 Å². The molecular formula is C13H13ClN4O2S. The first-order chi connectivity index (χ1) is 10.1. The smallest absolute Gasteiger partial charge is 0.196 e. The molecule has 0 radical (unpaired) electrons. The van der Waals surface area contributed by atoms with Gasteiger partial charge in [0.25, 0.3) is 0 Å². The topological polar surface area (TPSA) is 84.0 Å². The number of halogens is 1. The fourth-order valence-electron chi connectivity index (χ4n) is 2.34. The van der Waals surface area contributed by atoms with Crippen LogP contribution < -0.4 is 10.9 Å². The van der Waals surface area contributed by atoms with Gasteiger partial charge in [-0.25, -0.2) is 23.8 Å². The minimum Gasteiger partial charge on any atom is -0.256 e. The standard InChI is InChI=1S/C13H13ClN4O2S/c14-10-1-3-11(4-2-10)21(19,20)13-12(7-17-18-13)9-5-15-8-16-6-9/h1-6,8,12-13,17-18H,7H2. The first kappa shape index (κ1) is 14.4. The van der Waals surface area contributed by atoms with E-state index in [-0.39, 0.29) is 10.8 Å². The minimum atomic E-state index is -3.54. The van der Waals surface area contributed by atoms with E-state index in [2.05, 4.69) is 20.8 Å². The number of hydrogen-bond donors (Lipinski definition) is 2. The van der Waals surface area contributed by atoms with E-state index in [0.29, 0.717) is 11.6 Å². The van der Waals surface area contributed by atoms with Crippen molar-refractivity contribution in [2.24, 2.45) is 0 Å². The third-order valence-corrected chi connectivity index (χ3v) is 5.71. The van der Waals surface area contributed by atoms with Gasteiger partial charge in [-0.3, -0.25) is 5.43 Å². The van der Waals surface area contributed by atoms with Crippen LogP contribution in [0.25, 0.3) is 0 Å². The minimum absolute atomic E-state index is 0.231. The van der Waals surface area contributed by atoms with Crippen LogP contribution in [0, 0.1) is 0 Å². The maximum absolute atomic E-state index is 12.7. The number of sulfone groups is 1. The average Bonchev–Trinajstić information content (AvgIpc) is 2.99. The molecule has 2 atom stereocenters. The highest BCUT2D eigenvalue weighted by Gasteiger charge is 2.39. The molecule has 1 fully saturated rings. The van der Waals surface area contributed by atoms with Crippen molar-refractivity contribution in [3.63, 3.8) is 0 Å². The van der Waals surface area contributed by atoms with Crippen molar-refractivity contribution in [2.45, 2.75) is 16.2 Å². The first-order valence-corrected chi connectivity index (χ1v) is 8.24. The van der Waals surface area contributed by atoms with Crippen LogP contribution in [-0.2, 0) is 9.84 Å². The van der Waals surface area contributed by atoms with Crippen molar-refractivity contribution in [3.8, 4) is 0 Å². The molecule has 2 heterocycles. The van der Waals surface area contributed by atoms with Gasteiger partial charge in [0.1, 0.15) is 11.7 Å². The average molecular weight is 325 g/mol. The van der Waals surface area contributed by atoms with Gasteiger partial charge < -0.3 is 0 Å². The van der Waals surface area contributed by atoms with Crippen LogP contribution in [0.2, 0.25) is 5.02 Å². The van der Waals surface area contributed by atoms with Crippen molar-refractivity contribution in [1.29, 1.82) is 0 Å². The van der Waals surface area contributed by atoms with E-state index in [4.69, 9.17) is 11.6 Å². The Balaban J connectivity index is 1.96. The predicted octanol–water partition coefficient (Wildman–Crippen LogP) is 1.12. The van der Waals surface area contributed by atoms with Gasteiger partial charge in [-0.05, 0) is 29.8 Å². The number of nitrogens with zero attached hydrogens (tertiary/aromatic N) is 2. The molecule has 0 bridgehead atoms. The van der Waals surface area contributed by atoms with E-state index in [1.165, 1.54) is 18.5 Å². The predicted molar refractivity (Wildman–Crippen MR) is 78.3 cm³/mol. The van der Waals surface area contributed by atoms with Crippen molar-refractivity contribution in [2.75, 3.05) is 6.54 Å². The van der Waals surface area contributed by atoms with Gasteiger partial charge in [0.05, 0.1) is 4.90 Å². The van der Waals surface area contributed by atoms with Gasteiger partial charge >= 0.3 is 0 Å². The largest absolute Gasteiger partial charge is 0.256 e. The molecule has 8 heteroatoms. The molecule has 1 aromatic heterocycles. The van der Waals surface area contributed by atoms with Gasteiger partial charge in [0, 0.05) is 29.9 Å².